The number of carboxylic acids is 1. The predicted octanol–water partition coefficient (Wildman–Crippen LogP) is 4.33. The van der Waals surface area contributed by atoms with Crippen LogP contribution in [0.3, 0.4) is 0 Å². The number of rotatable bonds is 3. The van der Waals surface area contributed by atoms with Crippen LogP contribution in [0.2, 0.25) is 0 Å². The molecule has 0 aliphatic heterocycles. The van der Waals surface area contributed by atoms with Gasteiger partial charge >= 0.3 is 5.97 Å². The van der Waals surface area contributed by atoms with Gasteiger partial charge in [0, 0.05) is 0 Å². The molecule has 4 heteroatoms. The van der Waals surface area contributed by atoms with Crippen molar-refractivity contribution in [1.29, 1.82) is 0 Å². The van der Waals surface area contributed by atoms with Crippen LogP contribution in [0.4, 0.5) is 0 Å². The summed E-state index contributed by atoms with van der Waals surface area (Å²) in [4.78, 5) is 11.4. The van der Waals surface area contributed by atoms with E-state index in [9.17, 15) is 20.1 Å². The Morgan fingerprint density at radius 3 is 2.31 bits per heavy atom. The lowest BCUT2D eigenvalue weighted by Gasteiger charge is -2.62. The van der Waals surface area contributed by atoms with E-state index >= 15 is 0 Å². The van der Waals surface area contributed by atoms with E-state index in [4.69, 9.17) is 0 Å². The molecule has 0 spiro atoms. The minimum Gasteiger partial charge on any atom is -0.481 e. The Labute approximate surface area is 175 Å². The predicted molar refractivity (Wildman–Crippen MR) is 111 cm³/mol. The summed E-state index contributed by atoms with van der Waals surface area (Å²) in [5.74, 6) is 2.76. The van der Waals surface area contributed by atoms with E-state index in [-0.39, 0.29) is 29.0 Å². The van der Waals surface area contributed by atoms with Gasteiger partial charge in [-0.25, -0.2) is 0 Å². The maximum absolute atomic E-state index is 11.4. The number of aliphatic carboxylic acids is 1. The first-order chi connectivity index (χ1) is 13.7. The van der Waals surface area contributed by atoms with Gasteiger partial charge in [0.05, 0.1) is 18.1 Å². The second-order valence-corrected chi connectivity index (χ2v) is 12.2. The SMILES string of the molecule is CC(C1C[C@H]1C(=O)O)[C@H]1CCC2C3C(CC[C@@]21C)[C@@]1(C)CC[C@@H](O)C[C@H]1C[C@H]3O. The zero-order valence-electron chi connectivity index (χ0n) is 18.4. The average molecular weight is 405 g/mol. The molecule has 0 aromatic rings. The zero-order chi connectivity index (χ0) is 20.7. The first kappa shape index (κ1) is 20.3. The number of hydrogen-bond acceptors (Lipinski definition) is 3. The molecule has 5 aliphatic rings. The van der Waals surface area contributed by atoms with Crippen molar-refractivity contribution in [2.75, 3.05) is 0 Å². The van der Waals surface area contributed by atoms with Crippen LogP contribution >= 0.6 is 0 Å². The van der Waals surface area contributed by atoms with E-state index in [1.54, 1.807) is 0 Å². The Morgan fingerprint density at radius 1 is 0.931 bits per heavy atom. The molecular formula is C25H40O4. The van der Waals surface area contributed by atoms with E-state index in [1.165, 1.54) is 25.7 Å². The summed E-state index contributed by atoms with van der Waals surface area (Å²) in [6.45, 7) is 7.26. The summed E-state index contributed by atoms with van der Waals surface area (Å²) < 4.78 is 0. The summed E-state index contributed by atoms with van der Waals surface area (Å²) in [6, 6.07) is 0. The molecule has 5 rings (SSSR count). The molecule has 5 aliphatic carbocycles. The Bertz CT molecular complexity index is 678. The monoisotopic (exact) mass is 404 g/mol. The first-order valence-electron chi connectivity index (χ1n) is 12.3. The van der Waals surface area contributed by atoms with Crippen molar-refractivity contribution < 1.29 is 20.1 Å². The lowest BCUT2D eigenvalue weighted by atomic mass is 9.43. The molecule has 0 bridgehead atoms. The molecular weight excluding hydrogens is 364 g/mol. The number of carbonyl (C=O) groups is 1. The molecule has 12 atom stereocenters. The van der Waals surface area contributed by atoms with Crippen molar-refractivity contribution in [2.24, 2.45) is 58.2 Å². The van der Waals surface area contributed by atoms with E-state index < -0.39 is 5.97 Å². The van der Waals surface area contributed by atoms with Crippen molar-refractivity contribution in [3.63, 3.8) is 0 Å². The second kappa shape index (κ2) is 6.69. The summed E-state index contributed by atoms with van der Waals surface area (Å²) >= 11 is 0. The topological polar surface area (TPSA) is 77.8 Å². The molecule has 0 aromatic heterocycles. The standard InChI is InChI=1S/C25H40O4/c1-13(16-12-17(16)23(28)29)18-4-5-19-22-20(7-9-25(18,19)3)24(2)8-6-15(26)10-14(24)11-21(22)27/h13-22,26-27H,4-12H2,1-3H3,(H,28,29)/t13?,14-,15+,16?,17+,18+,19?,20?,21+,22?,24-,25+/m0/s1. The van der Waals surface area contributed by atoms with Crippen LogP contribution in [0.5, 0.6) is 0 Å². The maximum atomic E-state index is 11.4. The lowest BCUT2D eigenvalue weighted by molar-refractivity contribution is -0.174. The van der Waals surface area contributed by atoms with E-state index in [0.29, 0.717) is 41.4 Å². The number of carboxylic acid groups (broad SMARTS) is 1. The van der Waals surface area contributed by atoms with E-state index in [0.717, 1.165) is 32.1 Å². The quantitative estimate of drug-likeness (QED) is 0.654. The first-order valence-corrected chi connectivity index (χ1v) is 12.3. The summed E-state index contributed by atoms with van der Waals surface area (Å²) in [6.07, 6.45) is 9.08. The van der Waals surface area contributed by atoms with Crippen LogP contribution in [0.1, 0.15) is 78.6 Å². The van der Waals surface area contributed by atoms with Crippen molar-refractivity contribution in [1.82, 2.24) is 0 Å². The molecule has 29 heavy (non-hydrogen) atoms. The molecule has 5 fully saturated rings. The van der Waals surface area contributed by atoms with Gasteiger partial charge in [-0.05, 0) is 110 Å². The minimum atomic E-state index is -0.605. The van der Waals surface area contributed by atoms with Gasteiger partial charge < -0.3 is 15.3 Å². The van der Waals surface area contributed by atoms with Crippen molar-refractivity contribution in [3.05, 3.63) is 0 Å². The Kier molecular flexibility index (Phi) is 4.68. The van der Waals surface area contributed by atoms with Gasteiger partial charge in [0.1, 0.15) is 0 Å². The van der Waals surface area contributed by atoms with Gasteiger partial charge in [-0.3, -0.25) is 4.79 Å². The normalized spacial score (nSPS) is 57.3. The summed E-state index contributed by atoms with van der Waals surface area (Å²) in [5.41, 5.74) is 0.531. The van der Waals surface area contributed by atoms with E-state index in [1.807, 2.05) is 0 Å². The van der Waals surface area contributed by atoms with Crippen molar-refractivity contribution in [2.45, 2.75) is 90.8 Å². The van der Waals surface area contributed by atoms with Crippen LogP contribution in [-0.2, 0) is 4.79 Å². The number of aliphatic hydroxyl groups is 2. The van der Waals surface area contributed by atoms with Crippen LogP contribution in [0.15, 0.2) is 0 Å². The highest BCUT2D eigenvalue weighted by Crippen LogP contribution is 2.69. The third kappa shape index (κ3) is 2.87. The molecule has 0 saturated heterocycles. The third-order valence-corrected chi connectivity index (χ3v) is 11.2. The fourth-order valence-corrected chi connectivity index (χ4v) is 9.48. The van der Waals surface area contributed by atoms with Crippen LogP contribution in [0.25, 0.3) is 0 Å². The van der Waals surface area contributed by atoms with Gasteiger partial charge in [-0.1, -0.05) is 20.8 Å². The van der Waals surface area contributed by atoms with Crippen molar-refractivity contribution >= 4 is 5.97 Å². The highest BCUT2D eigenvalue weighted by molar-refractivity contribution is 5.73. The minimum absolute atomic E-state index is 0.113. The highest BCUT2D eigenvalue weighted by Gasteiger charge is 2.64. The number of hydrogen-bond donors (Lipinski definition) is 3. The average Bonchev–Trinajstić information content (AvgIpc) is 3.39. The van der Waals surface area contributed by atoms with Crippen LogP contribution in [-0.4, -0.2) is 33.5 Å². The highest BCUT2D eigenvalue weighted by atomic mass is 16.4. The molecule has 0 heterocycles. The molecule has 4 nitrogen and oxygen atoms in total. The number of aliphatic hydroxyl groups excluding tert-OH is 2. The fraction of sp³-hybridized carbons (Fsp3) is 0.960. The van der Waals surface area contributed by atoms with E-state index in [2.05, 4.69) is 20.8 Å². The Balaban J connectivity index is 1.39. The molecule has 0 radical (unpaired) electrons. The molecule has 0 aromatic carbocycles. The van der Waals surface area contributed by atoms with Gasteiger partial charge in [0.2, 0.25) is 0 Å². The van der Waals surface area contributed by atoms with Crippen LogP contribution in [0, 0.1) is 58.2 Å². The lowest BCUT2D eigenvalue weighted by Crippen LogP contribution is -2.58. The Morgan fingerprint density at radius 2 is 1.62 bits per heavy atom. The maximum Gasteiger partial charge on any atom is 0.306 e. The Hall–Kier alpha value is -0.610. The summed E-state index contributed by atoms with van der Waals surface area (Å²) in [7, 11) is 0. The molecule has 5 saturated carbocycles. The fourth-order valence-electron chi connectivity index (χ4n) is 9.48. The second-order valence-electron chi connectivity index (χ2n) is 12.2. The molecule has 5 unspecified atom stereocenters. The van der Waals surface area contributed by atoms with Gasteiger partial charge in [0.15, 0.2) is 0 Å². The smallest absolute Gasteiger partial charge is 0.306 e. The molecule has 164 valence electrons. The third-order valence-electron chi connectivity index (χ3n) is 11.2. The zero-order valence-corrected chi connectivity index (χ0v) is 18.4. The van der Waals surface area contributed by atoms with Crippen LogP contribution < -0.4 is 0 Å². The van der Waals surface area contributed by atoms with Crippen molar-refractivity contribution in [3.8, 4) is 0 Å². The number of fused-ring (bicyclic) bond motifs is 5. The van der Waals surface area contributed by atoms with Gasteiger partial charge in [-0.2, -0.15) is 0 Å². The summed E-state index contributed by atoms with van der Waals surface area (Å²) in [5, 5.41) is 30.9. The molecule has 0 amide bonds. The molecule has 3 N–H and O–H groups in total. The van der Waals surface area contributed by atoms with Gasteiger partial charge in [0.25, 0.3) is 0 Å². The van der Waals surface area contributed by atoms with Gasteiger partial charge in [-0.15, -0.1) is 0 Å². The largest absolute Gasteiger partial charge is 0.481 e.